The summed E-state index contributed by atoms with van der Waals surface area (Å²) in [6.07, 6.45) is 1.29. The molecule has 0 radical (unpaired) electrons. The molecule has 4 heteroatoms. The Kier molecular flexibility index (Phi) is 2.81. The van der Waals surface area contributed by atoms with E-state index in [1.54, 1.807) is 13.0 Å². The molecule has 0 spiro atoms. The number of fused-ring (bicyclic) bond motifs is 1. The van der Waals surface area contributed by atoms with Gasteiger partial charge in [-0.05, 0) is 31.0 Å². The first-order chi connectivity index (χ1) is 7.60. The molecule has 1 aliphatic heterocycles. The Morgan fingerprint density at radius 3 is 2.88 bits per heavy atom. The van der Waals surface area contributed by atoms with E-state index in [1.165, 1.54) is 6.07 Å². The van der Waals surface area contributed by atoms with Crippen molar-refractivity contribution >= 4 is 17.3 Å². The first kappa shape index (κ1) is 10.9. The number of anilines is 2. The van der Waals surface area contributed by atoms with Gasteiger partial charge >= 0.3 is 0 Å². The van der Waals surface area contributed by atoms with Gasteiger partial charge in [-0.25, -0.2) is 4.39 Å². The van der Waals surface area contributed by atoms with E-state index in [-0.39, 0.29) is 17.8 Å². The molecular weight excluding hydrogens is 207 g/mol. The second kappa shape index (κ2) is 4.12. The molecule has 0 aromatic heterocycles. The van der Waals surface area contributed by atoms with Crippen molar-refractivity contribution in [1.82, 2.24) is 0 Å². The van der Waals surface area contributed by atoms with Crippen LogP contribution in [0.2, 0.25) is 0 Å². The van der Waals surface area contributed by atoms with Crippen molar-refractivity contribution in [2.24, 2.45) is 0 Å². The Labute approximate surface area is 94.0 Å². The number of rotatable bonds is 1. The number of aryl methyl sites for hydroxylation is 1. The van der Waals surface area contributed by atoms with Crippen LogP contribution in [0.15, 0.2) is 12.1 Å². The SMILES string of the molecule is CCC1CC(=O)Nc2cc(F)c(C)cc2N1. The molecular formula is C12H15FN2O. The normalized spacial score (nSPS) is 19.4. The van der Waals surface area contributed by atoms with Gasteiger partial charge in [-0.3, -0.25) is 4.79 Å². The number of amides is 1. The molecule has 0 saturated heterocycles. The van der Waals surface area contributed by atoms with Crippen molar-refractivity contribution in [3.8, 4) is 0 Å². The largest absolute Gasteiger partial charge is 0.380 e. The molecule has 2 N–H and O–H groups in total. The Morgan fingerprint density at radius 1 is 1.44 bits per heavy atom. The van der Waals surface area contributed by atoms with Crippen LogP contribution in [0.4, 0.5) is 15.8 Å². The summed E-state index contributed by atoms with van der Waals surface area (Å²) in [7, 11) is 0. The molecule has 0 saturated carbocycles. The summed E-state index contributed by atoms with van der Waals surface area (Å²) in [5.41, 5.74) is 1.91. The highest BCUT2D eigenvalue weighted by molar-refractivity contribution is 5.96. The molecule has 1 aromatic carbocycles. The third-order valence-corrected chi connectivity index (χ3v) is 2.86. The van der Waals surface area contributed by atoms with Gasteiger partial charge in [0.25, 0.3) is 0 Å². The smallest absolute Gasteiger partial charge is 0.226 e. The molecule has 0 fully saturated rings. The molecule has 1 aliphatic rings. The summed E-state index contributed by atoms with van der Waals surface area (Å²) in [6.45, 7) is 3.73. The van der Waals surface area contributed by atoms with Gasteiger partial charge in [0, 0.05) is 12.5 Å². The molecule has 0 bridgehead atoms. The van der Waals surface area contributed by atoms with Crippen molar-refractivity contribution in [1.29, 1.82) is 0 Å². The number of nitrogens with one attached hydrogen (secondary N) is 2. The fourth-order valence-electron chi connectivity index (χ4n) is 1.85. The molecule has 1 aromatic rings. The average Bonchev–Trinajstić information content (AvgIpc) is 2.37. The molecule has 1 atom stereocenters. The summed E-state index contributed by atoms with van der Waals surface area (Å²) in [4.78, 5) is 11.5. The standard InChI is InChI=1S/C12H15FN2O/c1-3-8-5-12(16)15-11-6-9(13)7(2)4-10(11)14-8/h4,6,8,14H,3,5H2,1-2H3,(H,15,16). The van der Waals surface area contributed by atoms with E-state index in [9.17, 15) is 9.18 Å². The molecule has 3 nitrogen and oxygen atoms in total. The quantitative estimate of drug-likeness (QED) is 0.767. The molecule has 1 unspecified atom stereocenters. The predicted molar refractivity (Wildman–Crippen MR) is 62.1 cm³/mol. The number of carbonyl (C=O) groups is 1. The fraction of sp³-hybridized carbons (Fsp3) is 0.417. The summed E-state index contributed by atoms with van der Waals surface area (Å²) in [5, 5.41) is 5.97. The van der Waals surface area contributed by atoms with E-state index >= 15 is 0 Å². The van der Waals surface area contributed by atoms with Gasteiger partial charge in [-0.2, -0.15) is 0 Å². The van der Waals surface area contributed by atoms with Crippen LogP contribution in [0.3, 0.4) is 0 Å². The lowest BCUT2D eigenvalue weighted by Crippen LogP contribution is -2.21. The zero-order valence-electron chi connectivity index (χ0n) is 9.43. The second-order valence-electron chi connectivity index (χ2n) is 4.15. The minimum absolute atomic E-state index is 0.0682. The first-order valence-corrected chi connectivity index (χ1v) is 5.46. The van der Waals surface area contributed by atoms with Gasteiger partial charge in [-0.15, -0.1) is 0 Å². The van der Waals surface area contributed by atoms with Crippen molar-refractivity contribution < 1.29 is 9.18 Å². The molecule has 2 rings (SSSR count). The first-order valence-electron chi connectivity index (χ1n) is 5.46. The average molecular weight is 222 g/mol. The van der Waals surface area contributed by atoms with E-state index < -0.39 is 0 Å². The lowest BCUT2D eigenvalue weighted by Gasteiger charge is -2.15. The summed E-state index contributed by atoms with van der Waals surface area (Å²) in [6, 6.07) is 3.22. The Hall–Kier alpha value is -1.58. The monoisotopic (exact) mass is 222 g/mol. The molecule has 16 heavy (non-hydrogen) atoms. The van der Waals surface area contributed by atoms with E-state index in [0.29, 0.717) is 17.7 Å². The Bertz CT molecular complexity index is 431. The van der Waals surface area contributed by atoms with Crippen LogP contribution in [0.25, 0.3) is 0 Å². The van der Waals surface area contributed by atoms with E-state index in [1.807, 2.05) is 6.92 Å². The van der Waals surface area contributed by atoms with Gasteiger partial charge < -0.3 is 10.6 Å². The molecule has 86 valence electrons. The molecule has 1 heterocycles. The number of hydrogen-bond acceptors (Lipinski definition) is 2. The maximum Gasteiger partial charge on any atom is 0.226 e. The minimum Gasteiger partial charge on any atom is -0.380 e. The predicted octanol–water partition coefficient (Wildman–Crippen LogP) is 2.67. The van der Waals surface area contributed by atoms with Gasteiger partial charge in [0.2, 0.25) is 5.91 Å². The molecule has 1 amide bonds. The molecule has 0 aliphatic carbocycles. The van der Waals surface area contributed by atoms with Crippen LogP contribution in [0.5, 0.6) is 0 Å². The summed E-state index contributed by atoms with van der Waals surface area (Å²) in [5.74, 6) is -0.364. The van der Waals surface area contributed by atoms with Crippen LogP contribution in [0.1, 0.15) is 25.3 Å². The maximum absolute atomic E-state index is 13.4. The lowest BCUT2D eigenvalue weighted by molar-refractivity contribution is -0.116. The Balaban J connectivity index is 2.42. The Morgan fingerprint density at radius 2 is 2.19 bits per heavy atom. The zero-order chi connectivity index (χ0) is 11.7. The van der Waals surface area contributed by atoms with Crippen molar-refractivity contribution in [3.63, 3.8) is 0 Å². The summed E-state index contributed by atoms with van der Waals surface area (Å²) >= 11 is 0. The van der Waals surface area contributed by atoms with Gasteiger partial charge in [-0.1, -0.05) is 6.92 Å². The topological polar surface area (TPSA) is 41.1 Å². The van der Waals surface area contributed by atoms with E-state index in [4.69, 9.17) is 0 Å². The number of carbonyl (C=O) groups excluding carboxylic acids is 1. The van der Waals surface area contributed by atoms with Crippen molar-refractivity contribution in [3.05, 3.63) is 23.5 Å². The van der Waals surface area contributed by atoms with Crippen molar-refractivity contribution in [2.75, 3.05) is 10.6 Å². The van der Waals surface area contributed by atoms with Gasteiger partial charge in [0.1, 0.15) is 5.82 Å². The van der Waals surface area contributed by atoms with E-state index in [0.717, 1.165) is 12.1 Å². The maximum atomic E-state index is 13.4. The highest BCUT2D eigenvalue weighted by Gasteiger charge is 2.20. The highest BCUT2D eigenvalue weighted by atomic mass is 19.1. The van der Waals surface area contributed by atoms with Gasteiger partial charge in [0.05, 0.1) is 11.4 Å². The fourth-order valence-corrected chi connectivity index (χ4v) is 1.85. The van der Waals surface area contributed by atoms with Crippen LogP contribution in [0, 0.1) is 12.7 Å². The highest BCUT2D eigenvalue weighted by Crippen LogP contribution is 2.29. The summed E-state index contributed by atoms with van der Waals surface area (Å²) < 4.78 is 13.4. The van der Waals surface area contributed by atoms with Crippen molar-refractivity contribution in [2.45, 2.75) is 32.7 Å². The van der Waals surface area contributed by atoms with Crippen LogP contribution >= 0.6 is 0 Å². The number of hydrogen-bond donors (Lipinski definition) is 2. The third-order valence-electron chi connectivity index (χ3n) is 2.86. The zero-order valence-corrected chi connectivity index (χ0v) is 9.43. The number of halogens is 1. The third kappa shape index (κ3) is 2.01. The van der Waals surface area contributed by atoms with Crippen LogP contribution in [-0.4, -0.2) is 11.9 Å². The number of benzene rings is 1. The lowest BCUT2D eigenvalue weighted by atomic mass is 10.1. The van der Waals surface area contributed by atoms with Gasteiger partial charge in [0.15, 0.2) is 0 Å². The van der Waals surface area contributed by atoms with E-state index in [2.05, 4.69) is 10.6 Å². The minimum atomic E-state index is -0.296. The second-order valence-corrected chi connectivity index (χ2v) is 4.15. The van der Waals surface area contributed by atoms with Crippen LogP contribution in [-0.2, 0) is 4.79 Å². The van der Waals surface area contributed by atoms with Crippen LogP contribution < -0.4 is 10.6 Å².